The van der Waals surface area contributed by atoms with Crippen LogP contribution in [0.4, 0.5) is 0 Å². The van der Waals surface area contributed by atoms with E-state index in [4.69, 9.17) is 0 Å². The summed E-state index contributed by atoms with van der Waals surface area (Å²) in [5.41, 5.74) is 2.81. The van der Waals surface area contributed by atoms with Gasteiger partial charge < -0.3 is 5.32 Å². The Labute approximate surface area is 118 Å². The average Bonchev–Trinajstić information content (AvgIpc) is 2.56. The molecule has 0 unspecified atom stereocenters. The summed E-state index contributed by atoms with van der Waals surface area (Å²) >= 11 is 3.62. The van der Waals surface area contributed by atoms with Crippen molar-refractivity contribution >= 4 is 15.9 Å². The van der Waals surface area contributed by atoms with Crippen molar-refractivity contribution in [3.05, 3.63) is 15.9 Å². The lowest BCUT2D eigenvalue weighted by Gasteiger charge is -2.33. The summed E-state index contributed by atoms with van der Waals surface area (Å²) in [4.78, 5) is 0. The van der Waals surface area contributed by atoms with Crippen LogP contribution >= 0.6 is 15.9 Å². The van der Waals surface area contributed by atoms with Crippen LogP contribution in [0, 0.1) is 12.3 Å². The lowest BCUT2D eigenvalue weighted by molar-refractivity contribution is 0.207. The summed E-state index contributed by atoms with van der Waals surface area (Å²) in [5, 5.41) is 8.04. The summed E-state index contributed by atoms with van der Waals surface area (Å²) in [7, 11) is 2.01. The van der Waals surface area contributed by atoms with Crippen molar-refractivity contribution in [3.63, 3.8) is 0 Å². The number of nitrogens with zero attached hydrogens (tertiary/aromatic N) is 2. The maximum Gasteiger partial charge on any atom is 0.0739 e. The number of aromatic nitrogens is 2. The van der Waals surface area contributed by atoms with Crippen molar-refractivity contribution < 1.29 is 0 Å². The van der Waals surface area contributed by atoms with Crippen LogP contribution in [0.25, 0.3) is 0 Å². The monoisotopic (exact) mass is 313 g/mol. The van der Waals surface area contributed by atoms with E-state index in [1.165, 1.54) is 37.8 Å². The van der Waals surface area contributed by atoms with E-state index >= 15 is 0 Å². The van der Waals surface area contributed by atoms with E-state index in [2.05, 4.69) is 33.3 Å². The Morgan fingerprint density at radius 2 is 2.00 bits per heavy atom. The molecule has 0 spiro atoms. The molecule has 2 rings (SSSR count). The molecular weight excluding hydrogens is 290 g/mol. The molecule has 1 N–H and O–H groups in total. The molecule has 0 saturated heterocycles. The highest BCUT2D eigenvalue weighted by Crippen LogP contribution is 2.35. The maximum atomic E-state index is 4.42. The van der Waals surface area contributed by atoms with Crippen molar-refractivity contribution in [2.24, 2.45) is 12.5 Å². The second-order valence-corrected chi connectivity index (χ2v) is 6.74. The second-order valence-electron chi connectivity index (χ2n) is 5.94. The molecule has 1 fully saturated rings. The smallest absolute Gasteiger partial charge is 0.0739 e. The zero-order valence-corrected chi connectivity index (χ0v) is 13.3. The Balaban J connectivity index is 1.88. The Hall–Kier alpha value is -0.350. The molecule has 0 amide bonds. The van der Waals surface area contributed by atoms with E-state index in [0.29, 0.717) is 5.41 Å². The number of hydrogen-bond donors (Lipinski definition) is 1. The molecule has 102 valence electrons. The molecule has 1 aromatic rings. The van der Waals surface area contributed by atoms with Crippen molar-refractivity contribution in [1.82, 2.24) is 15.1 Å². The molecule has 0 aliphatic heterocycles. The summed E-state index contributed by atoms with van der Waals surface area (Å²) in [6, 6.07) is 0. The van der Waals surface area contributed by atoms with Crippen LogP contribution < -0.4 is 5.32 Å². The zero-order chi connectivity index (χ0) is 13.2. The van der Waals surface area contributed by atoms with Crippen LogP contribution in [0.1, 0.15) is 50.4 Å². The molecule has 18 heavy (non-hydrogen) atoms. The first-order valence-corrected chi connectivity index (χ1v) is 7.70. The molecule has 1 heterocycles. The highest BCUT2D eigenvalue weighted by Gasteiger charge is 2.26. The van der Waals surface area contributed by atoms with Gasteiger partial charge in [-0.2, -0.15) is 5.10 Å². The van der Waals surface area contributed by atoms with E-state index < -0.39 is 0 Å². The molecular formula is C14H24BrN3. The van der Waals surface area contributed by atoms with E-state index in [0.717, 1.165) is 23.3 Å². The van der Waals surface area contributed by atoms with Crippen LogP contribution in [-0.2, 0) is 13.6 Å². The number of halogens is 1. The third-order valence-corrected chi connectivity index (χ3v) is 5.20. The van der Waals surface area contributed by atoms with Crippen LogP contribution in [0.15, 0.2) is 4.47 Å². The summed E-state index contributed by atoms with van der Waals surface area (Å²) in [6.45, 7) is 6.47. The summed E-state index contributed by atoms with van der Waals surface area (Å²) < 4.78 is 3.11. The Morgan fingerprint density at radius 1 is 1.33 bits per heavy atom. The highest BCUT2D eigenvalue weighted by molar-refractivity contribution is 9.10. The predicted octanol–water partition coefficient (Wildman–Crippen LogP) is 3.55. The van der Waals surface area contributed by atoms with Gasteiger partial charge in [0.25, 0.3) is 0 Å². The van der Waals surface area contributed by atoms with Gasteiger partial charge in [0.2, 0.25) is 0 Å². The standard InChI is InChI=1S/C14H24BrN3/c1-11-13(15)12(18(3)17-11)9-16-10-14(2)7-5-4-6-8-14/h16H,4-10H2,1-3H3. The highest BCUT2D eigenvalue weighted by atomic mass is 79.9. The fourth-order valence-electron chi connectivity index (χ4n) is 2.94. The molecule has 4 heteroatoms. The predicted molar refractivity (Wildman–Crippen MR) is 78.5 cm³/mol. The fourth-order valence-corrected chi connectivity index (χ4v) is 3.41. The normalized spacial score (nSPS) is 19.1. The molecule has 1 aliphatic rings. The maximum absolute atomic E-state index is 4.42. The third-order valence-electron chi connectivity index (χ3n) is 4.17. The second kappa shape index (κ2) is 5.74. The fraction of sp³-hybridized carbons (Fsp3) is 0.786. The minimum absolute atomic E-state index is 0.498. The quantitative estimate of drug-likeness (QED) is 0.921. The number of nitrogens with one attached hydrogen (secondary N) is 1. The molecule has 1 saturated carbocycles. The largest absolute Gasteiger partial charge is 0.311 e. The molecule has 0 radical (unpaired) electrons. The van der Waals surface area contributed by atoms with Gasteiger partial charge in [0.1, 0.15) is 0 Å². The van der Waals surface area contributed by atoms with E-state index in [9.17, 15) is 0 Å². The zero-order valence-electron chi connectivity index (χ0n) is 11.7. The van der Waals surface area contributed by atoms with Crippen LogP contribution in [0.3, 0.4) is 0 Å². The average molecular weight is 314 g/mol. The summed E-state index contributed by atoms with van der Waals surface area (Å²) in [5.74, 6) is 0. The van der Waals surface area contributed by atoms with Crippen molar-refractivity contribution in [1.29, 1.82) is 0 Å². The molecule has 0 bridgehead atoms. The molecule has 0 aromatic carbocycles. The van der Waals surface area contributed by atoms with Gasteiger partial charge in [-0.3, -0.25) is 4.68 Å². The van der Waals surface area contributed by atoms with Crippen molar-refractivity contribution in [3.8, 4) is 0 Å². The number of hydrogen-bond acceptors (Lipinski definition) is 2. The van der Waals surface area contributed by atoms with E-state index in [1.807, 2.05) is 18.7 Å². The third kappa shape index (κ3) is 3.15. The Bertz CT molecular complexity index is 405. The van der Waals surface area contributed by atoms with Crippen molar-refractivity contribution in [2.45, 2.75) is 52.5 Å². The molecule has 0 atom stereocenters. The van der Waals surface area contributed by atoms with Gasteiger partial charge in [-0.05, 0) is 41.1 Å². The van der Waals surface area contributed by atoms with Crippen LogP contribution in [0.2, 0.25) is 0 Å². The molecule has 1 aromatic heterocycles. The SMILES string of the molecule is Cc1nn(C)c(CNCC2(C)CCCCC2)c1Br. The molecule has 3 nitrogen and oxygen atoms in total. The number of aryl methyl sites for hydroxylation is 2. The first kappa shape index (κ1) is 14.1. The minimum Gasteiger partial charge on any atom is -0.311 e. The van der Waals surface area contributed by atoms with Gasteiger partial charge >= 0.3 is 0 Å². The first-order valence-electron chi connectivity index (χ1n) is 6.90. The minimum atomic E-state index is 0.498. The van der Waals surface area contributed by atoms with E-state index in [1.54, 1.807) is 0 Å². The Morgan fingerprint density at radius 3 is 2.56 bits per heavy atom. The first-order chi connectivity index (χ1) is 8.52. The molecule has 1 aliphatic carbocycles. The lowest BCUT2D eigenvalue weighted by atomic mass is 9.76. The van der Waals surface area contributed by atoms with Gasteiger partial charge in [0.15, 0.2) is 0 Å². The topological polar surface area (TPSA) is 29.9 Å². The Kier molecular flexibility index (Phi) is 4.49. The van der Waals surface area contributed by atoms with Gasteiger partial charge in [0, 0.05) is 20.1 Å². The van der Waals surface area contributed by atoms with Gasteiger partial charge in [-0.15, -0.1) is 0 Å². The number of rotatable bonds is 4. The van der Waals surface area contributed by atoms with Gasteiger partial charge in [0.05, 0.1) is 15.9 Å². The summed E-state index contributed by atoms with van der Waals surface area (Å²) in [6.07, 6.45) is 6.94. The van der Waals surface area contributed by atoms with Crippen LogP contribution in [-0.4, -0.2) is 16.3 Å². The van der Waals surface area contributed by atoms with E-state index in [-0.39, 0.29) is 0 Å². The van der Waals surface area contributed by atoms with Crippen LogP contribution in [0.5, 0.6) is 0 Å². The van der Waals surface area contributed by atoms with Gasteiger partial charge in [-0.1, -0.05) is 26.2 Å². The lowest BCUT2D eigenvalue weighted by Crippen LogP contribution is -2.33. The van der Waals surface area contributed by atoms with Crippen molar-refractivity contribution in [2.75, 3.05) is 6.54 Å². The van der Waals surface area contributed by atoms with Gasteiger partial charge in [-0.25, -0.2) is 0 Å².